The van der Waals surface area contributed by atoms with Gasteiger partial charge in [-0.2, -0.15) is 0 Å². The number of aryl methyl sites for hydroxylation is 2. The van der Waals surface area contributed by atoms with Crippen molar-refractivity contribution < 1.29 is 10.2 Å². The fourth-order valence-electron chi connectivity index (χ4n) is 6.68. The Hall–Kier alpha value is -1.02. The van der Waals surface area contributed by atoms with Crippen LogP contribution in [0, 0.1) is 23.2 Å². The van der Waals surface area contributed by atoms with Crippen LogP contribution in [0.5, 0.6) is 5.75 Å². The average molecular weight is 328 g/mol. The molecule has 0 radical (unpaired) electrons. The number of hydrogen-bond acceptors (Lipinski definition) is 2. The predicted octanol–water partition coefficient (Wildman–Crippen LogP) is 4.81. The maximum absolute atomic E-state index is 10.2. The van der Waals surface area contributed by atoms with Crippen LogP contribution in [0.25, 0.3) is 0 Å². The molecule has 0 aromatic heterocycles. The Bertz CT molecular complexity index is 623. The highest BCUT2D eigenvalue weighted by molar-refractivity contribution is 5.45. The zero-order valence-electron chi connectivity index (χ0n) is 15.2. The Morgan fingerprint density at radius 3 is 2.75 bits per heavy atom. The second kappa shape index (κ2) is 6.05. The van der Waals surface area contributed by atoms with Crippen molar-refractivity contribution in [3.63, 3.8) is 0 Å². The van der Waals surface area contributed by atoms with Gasteiger partial charge in [0.15, 0.2) is 0 Å². The third kappa shape index (κ3) is 2.33. The van der Waals surface area contributed by atoms with Crippen molar-refractivity contribution in [3.05, 3.63) is 28.8 Å². The van der Waals surface area contributed by atoms with Gasteiger partial charge in [0.25, 0.3) is 0 Å². The number of aliphatic hydroxyl groups is 1. The monoisotopic (exact) mass is 328 g/mol. The summed E-state index contributed by atoms with van der Waals surface area (Å²) in [5, 5.41) is 19.7. The topological polar surface area (TPSA) is 40.5 Å². The standard InChI is InChI=1S/C22H32O2/c1-3-14-12-19-15(13-21(14)24)4-6-18-17(19)8-10-22(2)16(9-11-23)5-7-20(18)22/h12-13,16-18,20,23-24H,3-11H2,1-2H3/t16-,17?,18?,20?,22-/m1/s1. The van der Waals surface area contributed by atoms with Gasteiger partial charge in [-0.3, -0.25) is 0 Å². The second-order valence-corrected chi connectivity index (χ2v) is 8.78. The molecule has 3 unspecified atom stereocenters. The molecular formula is C22H32O2. The lowest BCUT2D eigenvalue weighted by atomic mass is 9.54. The van der Waals surface area contributed by atoms with Crippen LogP contribution < -0.4 is 0 Å². The summed E-state index contributed by atoms with van der Waals surface area (Å²) < 4.78 is 0. The minimum absolute atomic E-state index is 0.350. The molecule has 132 valence electrons. The minimum atomic E-state index is 0.350. The lowest BCUT2D eigenvalue weighted by Crippen LogP contribution is -2.42. The molecule has 0 aliphatic heterocycles. The molecule has 1 aromatic rings. The number of aromatic hydroxyl groups is 1. The van der Waals surface area contributed by atoms with Gasteiger partial charge in [-0.1, -0.05) is 19.9 Å². The normalized spacial score (nSPS) is 37.6. The Labute approximate surface area is 146 Å². The molecule has 4 rings (SSSR count). The van der Waals surface area contributed by atoms with Gasteiger partial charge < -0.3 is 10.2 Å². The smallest absolute Gasteiger partial charge is 0.119 e. The highest BCUT2D eigenvalue weighted by Gasteiger charge is 2.54. The van der Waals surface area contributed by atoms with Gasteiger partial charge in [-0.05, 0) is 103 Å². The summed E-state index contributed by atoms with van der Waals surface area (Å²) >= 11 is 0. The van der Waals surface area contributed by atoms with Crippen LogP contribution in [0.2, 0.25) is 0 Å². The summed E-state index contributed by atoms with van der Waals surface area (Å²) in [5.41, 5.74) is 4.52. The quantitative estimate of drug-likeness (QED) is 0.836. The highest BCUT2D eigenvalue weighted by atomic mass is 16.3. The molecule has 3 aliphatic carbocycles. The fourth-order valence-corrected chi connectivity index (χ4v) is 6.68. The maximum atomic E-state index is 10.2. The second-order valence-electron chi connectivity index (χ2n) is 8.78. The van der Waals surface area contributed by atoms with E-state index in [2.05, 4.69) is 26.0 Å². The molecule has 2 saturated carbocycles. The number of rotatable bonds is 3. The number of benzene rings is 1. The molecule has 0 amide bonds. The minimum Gasteiger partial charge on any atom is -0.508 e. The van der Waals surface area contributed by atoms with Crippen LogP contribution in [0.1, 0.15) is 75.0 Å². The van der Waals surface area contributed by atoms with E-state index in [-0.39, 0.29) is 0 Å². The number of phenolic OH excluding ortho intramolecular Hbond substituents is 1. The van der Waals surface area contributed by atoms with Crippen LogP contribution in [0.4, 0.5) is 0 Å². The fraction of sp³-hybridized carbons (Fsp3) is 0.727. The number of fused-ring (bicyclic) bond motifs is 5. The zero-order valence-corrected chi connectivity index (χ0v) is 15.2. The van der Waals surface area contributed by atoms with Gasteiger partial charge in [-0.25, -0.2) is 0 Å². The molecule has 2 heteroatoms. The Morgan fingerprint density at radius 2 is 2.00 bits per heavy atom. The molecule has 5 atom stereocenters. The van der Waals surface area contributed by atoms with E-state index in [9.17, 15) is 10.2 Å². The van der Waals surface area contributed by atoms with E-state index in [1.54, 1.807) is 5.56 Å². The summed E-state index contributed by atoms with van der Waals surface area (Å²) in [6.07, 6.45) is 9.60. The SMILES string of the molecule is CCc1cc2c(cc1O)CCC1C2CC[C@@]2(C)C1CC[C@@H]2CCO. The summed E-state index contributed by atoms with van der Waals surface area (Å²) in [4.78, 5) is 0. The predicted molar refractivity (Wildman–Crippen MR) is 97.3 cm³/mol. The first-order chi connectivity index (χ1) is 11.6. The third-order valence-corrected chi connectivity index (χ3v) is 7.98. The van der Waals surface area contributed by atoms with E-state index in [0.717, 1.165) is 42.6 Å². The highest BCUT2D eigenvalue weighted by Crippen LogP contribution is 2.63. The molecule has 24 heavy (non-hydrogen) atoms. The molecule has 0 spiro atoms. The summed E-state index contributed by atoms with van der Waals surface area (Å²) in [5.74, 6) is 3.57. The van der Waals surface area contributed by atoms with Gasteiger partial charge in [0, 0.05) is 6.61 Å². The van der Waals surface area contributed by atoms with Crippen molar-refractivity contribution in [2.45, 2.75) is 71.1 Å². The first-order valence-corrected chi connectivity index (χ1v) is 10.0. The van der Waals surface area contributed by atoms with E-state index < -0.39 is 0 Å². The Morgan fingerprint density at radius 1 is 1.17 bits per heavy atom. The maximum Gasteiger partial charge on any atom is 0.119 e. The van der Waals surface area contributed by atoms with Crippen molar-refractivity contribution in [2.75, 3.05) is 6.61 Å². The molecule has 0 bridgehead atoms. The van der Waals surface area contributed by atoms with Crippen molar-refractivity contribution >= 4 is 0 Å². The van der Waals surface area contributed by atoms with Gasteiger partial charge in [0.05, 0.1) is 0 Å². The molecule has 2 fully saturated rings. The van der Waals surface area contributed by atoms with Gasteiger partial charge in [0.1, 0.15) is 5.75 Å². The largest absolute Gasteiger partial charge is 0.508 e. The number of hydrogen-bond donors (Lipinski definition) is 2. The van der Waals surface area contributed by atoms with Gasteiger partial charge >= 0.3 is 0 Å². The summed E-state index contributed by atoms with van der Waals surface area (Å²) in [7, 11) is 0. The van der Waals surface area contributed by atoms with Gasteiger partial charge in [0.2, 0.25) is 0 Å². The van der Waals surface area contributed by atoms with Crippen LogP contribution >= 0.6 is 0 Å². The van der Waals surface area contributed by atoms with Crippen LogP contribution in [0.3, 0.4) is 0 Å². The molecule has 3 aliphatic rings. The van der Waals surface area contributed by atoms with E-state index in [1.165, 1.54) is 37.7 Å². The van der Waals surface area contributed by atoms with E-state index in [4.69, 9.17) is 0 Å². The van der Waals surface area contributed by atoms with Crippen molar-refractivity contribution in [3.8, 4) is 5.75 Å². The molecule has 0 saturated heterocycles. The average Bonchev–Trinajstić information content (AvgIpc) is 2.91. The molecule has 0 heterocycles. The molecule has 1 aromatic carbocycles. The first-order valence-electron chi connectivity index (χ1n) is 10.0. The molecular weight excluding hydrogens is 296 g/mol. The van der Waals surface area contributed by atoms with Gasteiger partial charge in [-0.15, -0.1) is 0 Å². The molecule has 2 nitrogen and oxygen atoms in total. The van der Waals surface area contributed by atoms with E-state index in [1.807, 2.05) is 0 Å². The van der Waals surface area contributed by atoms with Crippen molar-refractivity contribution in [1.29, 1.82) is 0 Å². The van der Waals surface area contributed by atoms with E-state index >= 15 is 0 Å². The first kappa shape index (κ1) is 16.4. The Kier molecular flexibility index (Phi) is 4.15. The number of aliphatic hydroxyl groups excluding tert-OH is 1. The lowest BCUT2D eigenvalue weighted by molar-refractivity contribution is 0.0209. The third-order valence-electron chi connectivity index (χ3n) is 7.98. The van der Waals surface area contributed by atoms with Crippen LogP contribution in [-0.4, -0.2) is 16.8 Å². The van der Waals surface area contributed by atoms with Crippen molar-refractivity contribution in [2.24, 2.45) is 23.2 Å². The van der Waals surface area contributed by atoms with E-state index in [0.29, 0.717) is 23.7 Å². The van der Waals surface area contributed by atoms with Crippen LogP contribution in [0.15, 0.2) is 12.1 Å². The summed E-state index contributed by atoms with van der Waals surface area (Å²) in [6.45, 7) is 5.00. The number of phenols is 1. The van der Waals surface area contributed by atoms with Crippen molar-refractivity contribution in [1.82, 2.24) is 0 Å². The Balaban J connectivity index is 1.66. The zero-order chi connectivity index (χ0) is 16.9. The van der Waals surface area contributed by atoms with Crippen LogP contribution in [-0.2, 0) is 12.8 Å². The lowest BCUT2D eigenvalue weighted by Gasteiger charge is -2.51. The molecule has 2 N–H and O–H groups in total. The summed E-state index contributed by atoms with van der Waals surface area (Å²) in [6, 6.07) is 4.38.